The molecule has 0 bridgehead atoms. The van der Waals surface area contributed by atoms with Gasteiger partial charge in [0.15, 0.2) is 0 Å². The van der Waals surface area contributed by atoms with E-state index in [-0.39, 0.29) is 5.56 Å². The third kappa shape index (κ3) is 4.26. The fourth-order valence-electron chi connectivity index (χ4n) is 3.52. The van der Waals surface area contributed by atoms with E-state index in [1.807, 2.05) is 0 Å². The Morgan fingerprint density at radius 2 is 2.00 bits per heavy atom. The zero-order valence-electron chi connectivity index (χ0n) is 13.3. The molecule has 2 aliphatic rings. The first-order valence-corrected chi connectivity index (χ1v) is 8.30. The van der Waals surface area contributed by atoms with Crippen LogP contribution in [-0.2, 0) is 4.74 Å². The maximum Gasteiger partial charge on any atom is 0.131 e. The monoisotopic (exact) mass is 326 g/mol. The molecule has 2 fully saturated rings. The maximum absolute atomic E-state index is 13.8. The molecule has 2 heterocycles. The van der Waals surface area contributed by atoms with Crippen LogP contribution in [0.25, 0.3) is 0 Å². The van der Waals surface area contributed by atoms with Crippen LogP contribution in [0.2, 0.25) is 0 Å². The highest BCUT2D eigenvalue weighted by atomic mass is 19.1. The number of hydrogen-bond acceptors (Lipinski definition) is 4. The summed E-state index contributed by atoms with van der Waals surface area (Å²) in [5, 5.41) is 10.3. The summed E-state index contributed by atoms with van der Waals surface area (Å²) in [4.78, 5) is 4.61. The Balaban J connectivity index is 1.59. The van der Waals surface area contributed by atoms with Gasteiger partial charge in [0.2, 0.25) is 0 Å². The summed E-state index contributed by atoms with van der Waals surface area (Å²) in [7, 11) is 0. The molecule has 4 nitrogen and oxygen atoms in total. The SMILES string of the molecule is OC(CN1CCCC1CN1CCOCC1)c1ccc(F)cc1F. The van der Waals surface area contributed by atoms with Gasteiger partial charge in [-0.25, -0.2) is 8.78 Å². The van der Waals surface area contributed by atoms with Crippen molar-refractivity contribution in [2.45, 2.75) is 25.0 Å². The summed E-state index contributed by atoms with van der Waals surface area (Å²) in [6.07, 6.45) is 1.25. The van der Waals surface area contributed by atoms with Crippen LogP contribution in [0.15, 0.2) is 18.2 Å². The Hall–Kier alpha value is -1.08. The van der Waals surface area contributed by atoms with Gasteiger partial charge in [0.05, 0.1) is 19.3 Å². The molecule has 23 heavy (non-hydrogen) atoms. The summed E-state index contributed by atoms with van der Waals surface area (Å²) >= 11 is 0. The van der Waals surface area contributed by atoms with Crippen LogP contribution in [0.1, 0.15) is 24.5 Å². The van der Waals surface area contributed by atoms with E-state index in [1.165, 1.54) is 12.1 Å². The van der Waals surface area contributed by atoms with Crippen molar-refractivity contribution in [2.24, 2.45) is 0 Å². The van der Waals surface area contributed by atoms with Gasteiger partial charge in [0, 0.05) is 43.9 Å². The Labute approximate surface area is 135 Å². The van der Waals surface area contributed by atoms with Gasteiger partial charge in [-0.15, -0.1) is 0 Å². The third-order valence-electron chi connectivity index (χ3n) is 4.80. The van der Waals surface area contributed by atoms with Gasteiger partial charge in [0.25, 0.3) is 0 Å². The van der Waals surface area contributed by atoms with E-state index in [0.29, 0.717) is 12.6 Å². The average Bonchev–Trinajstić information content (AvgIpc) is 2.95. The van der Waals surface area contributed by atoms with Crippen LogP contribution < -0.4 is 0 Å². The number of β-amino-alcohol motifs (C(OH)–C–C–N with tert-alkyl or cyclic N) is 1. The summed E-state index contributed by atoms with van der Waals surface area (Å²) in [6, 6.07) is 3.73. The molecule has 128 valence electrons. The molecule has 0 radical (unpaired) electrons. The van der Waals surface area contributed by atoms with Crippen molar-refractivity contribution < 1.29 is 18.6 Å². The van der Waals surface area contributed by atoms with Crippen molar-refractivity contribution in [2.75, 3.05) is 45.9 Å². The van der Waals surface area contributed by atoms with Crippen molar-refractivity contribution in [3.8, 4) is 0 Å². The van der Waals surface area contributed by atoms with Crippen LogP contribution in [0.5, 0.6) is 0 Å². The molecule has 3 rings (SSSR count). The molecule has 0 amide bonds. The normalized spacial score (nSPS) is 24.9. The van der Waals surface area contributed by atoms with Crippen LogP contribution in [0.4, 0.5) is 8.78 Å². The Bertz CT molecular complexity index is 523. The van der Waals surface area contributed by atoms with Gasteiger partial charge in [-0.05, 0) is 25.5 Å². The molecular weight excluding hydrogens is 302 g/mol. The molecule has 1 aromatic carbocycles. The molecule has 1 N–H and O–H groups in total. The van der Waals surface area contributed by atoms with E-state index < -0.39 is 17.7 Å². The van der Waals surface area contributed by atoms with Crippen molar-refractivity contribution in [1.29, 1.82) is 0 Å². The van der Waals surface area contributed by atoms with E-state index in [4.69, 9.17) is 4.74 Å². The van der Waals surface area contributed by atoms with Gasteiger partial charge >= 0.3 is 0 Å². The minimum atomic E-state index is -0.930. The van der Waals surface area contributed by atoms with E-state index in [9.17, 15) is 13.9 Å². The van der Waals surface area contributed by atoms with Gasteiger partial charge in [0.1, 0.15) is 11.6 Å². The van der Waals surface area contributed by atoms with Gasteiger partial charge in [-0.3, -0.25) is 9.80 Å². The predicted octanol–water partition coefficient (Wildman–Crippen LogP) is 1.79. The largest absolute Gasteiger partial charge is 0.387 e. The lowest BCUT2D eigenvalue weighted by molar-refractivity contribution is 0.0217. The number of ether oxygens (including phenoxy) is 1. The highest BCUT2D eigenvalue weighted by Gasteiger charge is 2.29. The Kier molecular flexibility index (Phi) is 5.58. The summed E-state index contributed by atoms with van der Waals surface area (Å²) in [5.41, 5.74) is 0.170. The molecular formula is C17H24F2N2O2. The molecule has 0 aromatic heterocycles. The number of nitrogens with zero attached hydrogens (tertiary/aromatic N) is 2. The number of halogens is 2. The summed E-state index contributed by atoms with van der Waals surface area (Å²) in [6.45, 7) is 5.69. The lowest BCUT2D eigenvalue weighted by atomic mass is 10.1. The van der Waals surface area contributed by atoms with Gasteiger partial charge in [-0.2, -0.15) is 0 Å². The van der Waals surface area contributed by atoms with Crippen molar-refractivity contribution in [1.82, 2.24) is 9.80 Å². The number of hydrogen-bond donors (Lipinski definition) is 1. The molecule has 0 spiro atoms. The first kappa shape index (κ1) is 16.8. The topological polar surface area (TPSA) is 35.9 Å². The van der Waals surface area contributed by atoms with E-state index in [1.54, 1.807) is 0 Å². The quantitative estimate of drug-likeness (QED) is 0.895. The number of likely N-dealkylation sites (tertiary alicyclic amines) is 1. The second kappa shape index (κ2) is 7.66. The summed E-state index contributed by atoms with van der Waals surface area (Å²) in [5.74, 6) is -1.30. The molecule has 0 aliphatic carbocycles. The van der Waals surface area contributed by atoms with Crippen molar-refractivity contribution in [3.05, 3.63) is 35.4 Å². The summed E-state index contributed by atoms with van der Waals surface area (Å²) < 4.78 is 32.2. The second-order valence-electron chi connectivity index (χ2n) is 6.39. The lowest BCUT2D eigenvalue weighted by Gasteiger charge is -2.33. The zero-order valence-corrected chi connectivity index (χ0v) is 13.3. The number of rotatable bonds is 5. The number of morpholine rings is 1. The van der Waals surface area contributed by atoms with E-state index in [0.717, 1.165) is 58.3 Å². The van der Waals surface area contributed by atoms with Crippen LogP contribution in [-0.4, -0.2) is 66.9 Å². The van der Waals surface area contributed by atoms with Gasteiger partial charge in [-0.1, -0.05) is 6.07 Å². The lowest BCUT2D eigenvalue weighted by Crippen LogP contribution is -2.45. The zero-order chi connectivity index (χ0) is 16.2. The van der Waals surface area contributed by atoms with Crippen molar-refractivity contribution in [3.63, 3.8) is 0 Å². The predicted molar refractivity (Wildman–Crippen MR) is 83.2 cm³/mol. The van der Waals surface area contributed by atoms with Gasteiger partial charge < -0.3 is 9.84 Å². The molecule has 2 aliphatic heterocycles. The number of aliphatic hydroxyl groups excluding tert-OH is 1. The Morgan fingerprint density at radius 1 is 1.22 bits per heavy atom. The van der Waals surface area contributed by atoms with Crippen molar-refractivity contribution >= 4 is 0 Å². The number of benzene rings is 1. The molecule has 1 aromatic rings. The fraction of sp³-hybridized carbons (Fsp3) is 0.647. The first-order chi connectivity index (χ1) is 11.1. The average molecular weight is 326 g/mol. The minimum absolute atomic E-state index is 0.170. The standard InChI is InChI=1S/C17H24F2N2O2/c18-13-3-4-15(16(19)10-13)17(22)12-21-5-1-2-14(21)11-20-6-8-23-9-7-20/h3-4,10,14,17,22H,1-2,5-9,11-12H2. The Morgan fingerprint density at radius 3 is 2.74 bits per heavy atom. The van der Waals surface area contributed by atoms with Crippen LogP contribution in [0, 0.1) is 11.6 Å². The first-order valence-electron chi connectivity index (χ1n) is 8.30. The molecule has 0 saturated carbocycles. The minimum Gasteiger partial charge on any atom is -0.387 e. The van der Waals surface area contributed by atoms with E-state index in [2.05, 4.69) is 9.80 Å². The molecule has 2 unspecified atom stereocenters. The maximum atomic E-state index is 13.8. The van der Waals surface area contributed by atoms with Crippen LogP contribution >= 0.6 is 0 Å². The molecule has 6 heteroatoms. The van der Waals surface area contributed by atoms with Crippen LogP contribution in [0.3, 0.4) is 0 Å². The third-order valence-corrected chi connectivity index (χ3v) is 4.80. The molecule has 2 saturated heterocycles. The number of aliphatic hydroxyl groups is 1. The van der Waals surface area contributed by atoms with E-state index >= 15 is 0 Å². The fourth-order valence-corrected chi connectivity index (χ4v) is 3.52. The highest BCUT2D eigenvalue weighted by molar-refractivity contribution is 5.21. The molecule has 2 atom stereocenters. The smallest absolute Gasteiger partial charge is 0.131 e. The second-order valence-corrected chi connectivity index (χ2v) is 6.39. The highest BCUT2D eigenvalue weighted by Crippen LogP contribution is 2.24.